The zero-order valence-electron chi connectivity index (χ0n) is 15.6. The summed E-state index contributed by atoms with van der Waals surface area (Å²) >= 11 is 0. The molecule has 0 radical (unpaired) electrons. The number of hydrogen-bond donors (Lipinski definition) is 2. The molecule has 7 heteroatoms. The fourth-order valence-corrected chi connectivity index (χ4v) is 3.21. The summed E-state index contributed by atoms with van der Waals surface area (Å²) in [7, 11) is 0. The van der Waals surface area contributed by atoms with Gasteiger partial charge >= 0.3 is 0 Å². The van der Waals surface area contributed by atoms with Gasteiger partial charge in [-0.3, -0.25) is 9.69 Å². The van der Waals surface area contributed by atoms with Crippen molar-refractivity contribution < 1.29 is 9.53 Å². The highest BCUT2D eigenvalue weighted by atomic mass is 16.5. The third-order valence-corrected chi connectivity index (χ3v) is 4.25. The van der Waals surface area contributed by atoms with Crippen LogP contribution < -0.4 is 10.6 Å². The third-order valence-electron chi connectivity index (χ3n) is 4.25. The molecule has 0 aromatic rings. The van der Waals surface area contributed by atoms with E-state index in [1.807, 2.05) is 20.8 Å². The van der Waals surface area contributed by atoms with Crippen LogP contribution in [0.1, 0.15) is 34.1 Å². The van der Waals surface area contributed by atoms with Crippen LogP contribution in [-0.2, 0) is 9.53 Å². The van der Waals surface area contributed by atoms with Gasteiger partial charge in [-0.1, -0.05) is 0 Å². The van der Waals surface area contributed by atoms with Crippen molar-refractivity contribution in [2.75, 3.05) is 52.5 Å². The van der Waals surface area contributed by atoms with E-state index in [2.05, 4.69) is 32.3 Å². The summed E-state index contributed by atoms with van der Waals surface area (Å²) in [6.45, 7) is 14.6. The molecule has 1 atom stereocenters. The monoisotopic (exact) mass is 339 g/mol. The van der Waals surface area contributed by atoms with E-state index in [9.17, 15) is 4.79 Å². The van der Waals surface area contributed by atoms with Crippen molar-refractivity contribution in [3.05, 3.63) is 0 Å². The highest BCUT2D eigenvalue weighted by Crippen LogP contribution is 2.17. The molecule has 0 spiro atoms. The second-order valence-corrected chi connectivity index (χ2v) is 7.51. The Labute approximate surface area is 145 Å². The lowest BCUT2D eigenvalue weighted by molar-refractivity contribution is -0.121. The molecule has 138 valence electrons. The molecule has 2 fully saturated rings. The molecular weight excluding hydrogens is 306 g/mol. The molecule has 0 bridgehead atoms. The van der Waals surface area contributed by atoms with E-state index in [0.717, 1.165) is 58.3 Å². The van der Waals surface area contributed by atoms with Crippen LogP contribution in [0.4, 0.5) is 0 Å². The van der Waals surface area contributed by atoms with Crippen LogP contribution in [0, 0.1) is 0 Å². The third kappa shape index (κ3) is 5.94. The number of nitrogens with one attached hydrogen (secondary N) is 2. The molecule has 1 amide bonds. The zero-order chi connectivity index (χ0) is 17.6. The highest BCUT2D eigenvalue weighted by Gasteiger charge is 2.30. The minimum absolute atomic E-state index is 0.0400. The fourth-order valence-electron chi connectivity index (χ4n) is 3.21. The maximum Gasteiger partial charge on any atom is 0.242 e. The van der Waals surface area contributed by atoms with Crippen molar-refractivity contribution in [2.24, 2.45) is 4.99 Å². The Morgan fingerprint density at radius 3 is 2.58 bits per heavy atom. The molecule has 24 heavy (non-hydrogen) atoms. The molecule has 2 N–H and O–H groups in total. The molecule has 2 saturated heterocycles. The molecule has 2 heterocycles. The molecule has 1 unspecified atom stereocenters. The number of ether oxygens (including phenoxy) is 1. The van der Waals surface area contributed by atoms with Crippen LogP contribution in [0.25, 0.3) is 0 Å². The van der Waals surface area contributed by atoms with Crippen LogP contribution in [0.5, 0.6) is 0 Å². The van der Waals surface area contributed by atoms with E-state index >= 15 is 0 Å². The van der Waals surface area contributed by atoms with E-state index in [1.165, 1.54) is 0 Å². The van der Waals surface area contributed by atoms with Gasteiger partial charge in [0.2, 0.25) is 5.91 Å². The van der Waals surface area contributed by atoms with E-state index in [1.54, 1.807) is 0 Å². The van der Waals surface area contributed by atoms with Crippen molar-refractivity contribution in [1.29, 1.82) is 0 Å². The number of morpholine rings is 1. The maximum atomic E-state index is 12.0. The topological polar surface area (TPSA) is 69.2 Å². The van der Waals surface area contributed by atoms with Crippen LogP contribution in [0.15, 0.2) is 4.99 Å². The van der Waals surface area contributed by atoms with Gasteiger partial charge in [-0.05, 0) is 34.1 Å². The Hall–Kier alpha value is -1.34. The predicted molar refractivity (Wildman–Crippen MR) is 96.2 cm³/mol. The Morgan fingerprint density at radius 1 is 1.25 bits per heavy atom. The molecule has 2 aliphatic heterocycles. The average Bonchev–Trinajstić information content (AvgIpc) is 3.00. The lowest BCUT2D eigenvalue weighted by atomic mass is 10.1. The second-order valence-electron chi connectivity index (χ2n) is 7.51. The quantitative estimate of drug-likeness (QED) is 0.568. The number of nitrogens with zero attached hydrogens (tertiary/aromatic N) is 3. The first-order valence-corrected chi connectivity index (χ1v) is 9.05. The van der Waals surface area contributed by atoms with Gasteiger partial charge in [0, 0.05) is 44.3 Å². The molecule has 7 nitrogen and oxygen atoms in total. The molecule has 2 aliphatic rings. The first-order valence-electron chi connectivity index (χ1n) is 9.05. The Balaban J connectivity index is 1.90. The van der Waals surface area contributed by atoms with Gasteiger partial charge in [-0.2, -0.15) is 0 Å². The number of carbonyl (C=O) groups is 1. The largest absolute Gasteiger partial charge is 0.379 e. The lowest BCUT2D eigenvalue weighted by Gasteiger charge is -2.32. The van der Waals surface area contributed by atoms with Crippen LogP contribution in [0.3, 0.4) is 0 Å². The smallest absolute Gasteiger partial charge is 0.242 e. The fraction of sp³-hybridized carbons (Fsp3) is 0.882. The molecule has 0 aliphatic carbocycles. The number of aliphatic imine (C=N–C) groups is 1. The van der Waals surface area contributed by atoms with Crippen molar-refractivity contribution in [2.45, 2.75) is 45.7 Å². The van der Waals surface area contributed by atoms with Gasteiger partial charge in [-0.15, -0.1) is 0 Å². The molecule has 0 aromatic heterocycles. The van der Waals surface area contributed by atoms with Gasteiger partial charge in [0.05, 0.1) is 13.2 Å². The van der Waals surface area contributed by atoms with Crippen molar-refractivity contribution in [3.63, 3.8) is 0 Å². The van der Waals surface area contributed by atoms with Gasteiger partial charge < -0.3 is 20.3 Å². The van der Waals surface area contributed by atoms with E-state index in [4.69, 9.17) is 4.74 Å². The van der Waals surface area contributed by atoms with E-state index in [-0.39, 0.29) is 18.0 Å². The molecule has 2 rings (SSSR count). The SMILES string of the molecule is CCNC(=NCC(=O)NC(C)(C)C)N1CCC(N2CCOCC2)C1. The first kappa shape index (κ1) is 19.0. The number of amides is 1. The maximum absolute atomic E-state index is 12.0. The lowest BCUT2D eigenvalue weighted by Crippen LogP contribution is -2.47. The van der Waals surface area contributed by atoms with Crippen LogP contribution in [0.2, 0.25) is 0 Å². The standard InChI is InChI=1S/C17H33N5O2/c1-5-18-16(19-12-15(23)20-17(2,3)4)22-7-6-14(13-22)21-8-10-24-11-9-21/h14H,5-13H2,1-4H3,(H,18,19)(H,20,23). The normalized spacial score (nSPS) is 23.4. The van der Waals surface area contributed by atoms with Gasteiger partial charge in [0.15, 0.2) is 5.96 Å². The number of carbonyl (C=O) groups excluding carboxylic acids is 1. The first-order chi connectivity index (χ1) is 11.4. The zero-order valence-corrected chi connectivity index (χ0v) is 15.6. The summed E-state index contributed by atoms with van der Waals surface area (Å²) < 4.78 is 5.44. The van der Waals surface area contributed by atoms with Gasteiger partial charge in [0.25, 0.3) is 0 Å². The molecular formula is C17H33N5O2. The highest BCUT2D eigenvalue weighted by molar-refractivity contribution is 5.85. The Morgan fingerprint density at radius 2 is 1.96 bits per heavy atom. The van der Waals surface area contributed by atoms with Gasteiger partial charge in [0.1, 0.15) is 6.54 Å². The predicted octanol–water partition coefficient (Wildman–Crippen LogP) is 0.273. The van der Waals surface area contributed by atoms with E-state index < -0.39 is 0 Å². The summed E-state index contributed by atoms with van der Waals surface area (Å²) in [5.41, 5.74) is -0.222. The Kier molecular flexibility index (Phi) is 6.86. The minimum Gasteiger partial charge on any atom is -0.379 e. The van der Waals surface area contributed by atoms with Crippen LogP contribution >= 0.6 is 0 Å². The number of rotatable bonds is 4. The Bertz CT molecular complexity index is 441. The summed E-state index contributed by atoms with van der Waals surface area (Å²) in [5, 5.41) is 6.27. The summed E-state index contributed by atoms with van der Waals surface area (Å²) in [6, 6.07) is 0.557. The summed E-state index contributed by atoms with van der Waals surface area (Å²) in [5.74, 6) is 0.805. The number of guanidine groups is 1. The number of likely N-dealkylation sites (tertiary alicyclic amines) is 1. The molecule has 0 aromatic carbocycles. The minimum atomic E-state index is -0.222. The van der Waals surface area contributed by atoms with E-state index in [0.29, 0.717) is 6.04 Å². The van der Waals surface area contributed by atoms with Crippen LogP contribution in [-0.4, -0.2) is 85.7 Å². The van der Waals surface area contributed by atoms with Crippen molar-refractivity contribution in [3.8, 4) is 0 Å². The van der Waals surface area contributed by atoms with Gasteiger partial charge in [-0.25, -0.2) is 4.99 Å². The number of hydrogen-bond acceptors (Lipinski definition) is 4. The molecule has 0 saturated carbocycles. The van der Waals surface area contributed by atoms with Crippen molar-refractivity contribution >= 4 is 11.9 Å². The summed E-state index contributed by atoms with van der Waals surface area (Å²) in [4.78, 5) is 21.3. The van der Waals surface area contributed by atoms with Crippen molar-refractivity contribution in [1.82, 2.24) is 20.4 Å². The average molecular weight is 339 g/mol. The second kappa shape index (κ2) is 8.67. The summed E-state index contributed by atoms with van der Waals surface area (Å²) in [6.07, 6.45) is 1.14.